The Bertz CT molecular complexity index is 1200. The lowest BCUT2D eigenvalue weighted by molar-refractivity contribution is -0.118. The maximum atomic E-state index is 13.3. The third-order valence-corrected chi connectivity index (χ3v) is 6.64. The van der Waals surface area contributed by atoms with Crippen LogP contribution in [0.25, 0.3) is 0 Å². The molecule has 1 aliphatic carbocycles. The number of nitrogens with zero attached hydrogens (tertiary/aromatic N) is 1. The van der Waals surface area contributed by atoms with E-state index in [1.54, 1.807) is 6.08 Å². The average Bonchev–Trinajstić information content (AvgIpc) is 3.17. The highest BCUT2D eigenvalue weighted by molar-refractivity contribution is 7.99. The van der Waals surface area contributed by atoms with Crippen LogP contribution >= 0.6 is 11.8 Å². The Morgan fingerprint density at radius 2 is 2.06 bits per heavy atom. The van der Waals surface area contributed by atoms with Gasteiger partial charge in [0.2, 0.25) is 6.79 Å². The summed E-state index contributed by atoms with van der Waals surface area (Å²) in [7, 11) is 0. The number of carbonyl (C=O) groups is 1. The fraction of sp³-hybridized carbons (Fsp3) is 0.348. The molecule has 2 aromatic rings. The minimum absolute atomic E-state index is 0.0524. The van der Waals surface area contributed by atoms with E-state index in [-0.39, 0.29) is 23.6 Å². The molecular weight excluding hydrogens is 414 g/mol. The number of benzene rings is 1. The molecule has 1 atom stereocenters. The second-order valence-corrected chi connectivity index (χ2v) is 9.75. The number of anilines is 1. The summed E-state index contributed by atoms with van der Waals surface area (Å²) < 4.78 is 11.0. The highest BCUT2D eigenvalue weighted by atomic mass is 32.2. The lowest BCUT2D eigenvalue weighted by Gasteiger charge is -2.38. The van der Waals surface area contributed by atoms with Gasteiger partial charge >= 0.3 is 0 Å². The SMILES string of the molecule is C=CCSc1nc2c(c(=O)[nH]1)C(c1ccc3c(c1)OCO3)C1=C(CC(C)(C)CC1=O)N2. The molecule has 31 heavy (non-hydrogen) atoms. The van der Waals surface area contributed by atoms with Gasteiger partial charge in [-0.15, -0.1) is 6.58 Å². The third-order valence-electron chi connectivity index (χ3n) is 5.77. The molecule has 0 spiro atoms. The van der Waals surface area contributed by atoms with Crippen LogP contribution in [0.2, 0.25) is 0 Å². The molecule has 0 radical (unpaired) electrons. The molecule has 3 heterocycles. The van der Waals surface area contributed by atoms with Gasteiger partial charge in [0.15, 0.2) is 22.4 Å². The van der Waals surface area contributed by atoms with E-state index in [9.17, 15) is 9.59 Å². The number of hydrogen-bond acceptors (Lipinski definition) is 7. The van der Waals surface area contributed by atoms with E-state index in [2.05, 4.69) is 35.7 Å². The number of ketones is 1. The summed E-state index contributed by atoms with van der Waals surface area (Å²) >= 11 is 1.41. The molecule has 2 aliphatic heterocycles. The Morgan fingerprint density at radius 1 is 1.26 bits per heavy atom. The number of Topliss-reactive ketones (excluding diaryl/α,β-unsaturated/α-hetero) is 1. The molecule has 1 unspecified atom stereocenters. The van der Waals surface area contributed by atoms with Gasteiger partial charge in [-0.3, -0.25) is 9.59 Å². The van der Waals surface area contributed by atoms with Crippen molar-refractivity contribution in [1.29, 1.82) is 0 Å². The average molecular weight is 438 g/mol. The summed E-state index contributed by atoms with van der Waals surface area (Å²) in [4.78, 5) is 34.0. The van der Waals surface area contributed by atoms with Crippen LogP contribution in [-0.4, -0.2) is 28.3 Å². The van der Waals surface area contributed by atoms with Gasteiger partial charge in [0.25, 0.3) is 5.56 Å². The first-order chi connectivity index (χ1) is 14.9. The zero-order valence-electron chi connectivity index (χ0n) is 17.4. The van der Waals surface area contributed by atoms with Gasteiger partial charge in [0.05, 0.1) is 5.56 Å². The maximum absolute atomic E-state index is 13.3. The van der Waals surface area contributed by atoms with Gasteiger partial charge in [-0.05, 0) is 29.5 Å². The Kier molecular flexibility index (Phi) is 4.69. The number of carbonyl (C=O) groups excluding carboxylic acids is 1. The van der Waals surface area contributed by atoms with Gasteiger partial charge in [-0.25, -0.2) is 4.98 Å². The zero-order valence-corrected chi connectivity index (χ0v) is 18.2. The summed E-state index contributed by atoms with van der Waals surface area (Å²) in [5, 5.41) is 3.85. The number of nitrogens with one attached hydrogen (secondary N) is 2. The van der Waals surface area contributed by atoms with Crippen molar-refractivity contribution in [2.45, 2.75) is 37.8 Å². The molecular formula is C23H23N3O4S. The smallest absolute Gasteiger partial charge is 0.257 e. The second kappa shape index (κ2) is 7.30. The standard InChI is InChI=1S/C23H23N3O4S/c1-4-7-31-22-25-20-19(21(28)26-22)17(12-5-6-15-16(8-12)30-11-29-15)18-13(24-20)9-23(2,3)10-14(18)27/h4-6,8,17H,1,7,9-11H2,2-3H3,(H2,24,25,26,28). The molecule has 1 aromatic carbocycles. The van der Waals surface area contributed by atoms with E-state index in [4.69, 9.17) is 9.47 Å². The minimum atomic E-state index is -0.515. The molecule has 1 aromatic heterocycles. The summed E-state index contributed by atoms with van der Waals surface area (Å²) in [6.07, 6.45) is 2.90. The molecule has 0 saturated carbocycles. The van der Waals surface area contributed by atoms with Crippen LogP contribution in [0.4, 0.5) is 5.82 Å². The predicted molar refractivity (Wildman–Crippen MR) is 119 cm³/mol. The number of thioether (sulfide) groups is 1. The fourth-order valence-corrected chi connectivity index (χ4v) is 5.12. The molecule has 0 bridgehead atoms. The van der Waals surface area contributed by atoms with Crippen LogP contribution in [0.3, 0.4) is 0 Å². The van der Waals surface area contributed by atoms with E-state index in [0.717, 1.165) is 11.3 Å². The number of allylic oxidation sites excluding steroid dienone is 2. The van der Waals surface area contributed by atoms with Crippen molar-refractivity contribution in [2.75, 3.05) is 17.9 Å². The molecule has 2 N–H and O–H groups in total. The van der Waals surface area contributed by atoms with E-state index >= 15 is 0 Å². The largest absolute Gasteiger partial charge is 0.454 e. The lowest BCUT2D eigenvalue weighted by Crippen LogP contribution is -2.37. The number of rotatable bonds is 4. The van der Waals surface area contributed by atoms with Gasteiger partial charge in [-0.1, -0.05) is 37.8 Å². The van der Waals surface area contributed by atoms with Crippen LogP contribution in [0.1, 0.15) is 43.7 Å². The van der Waals surface area contributed by atoms with Crippen molar-refractivity contribution in [3.8, 4) is 11.5 Å². The van der Waals surface area contributed by atoms with Gasteiger partial charge < -0.3 is 19.8 Å². The Morgan fingerprint density at radius 3 is 2.87 bits per heavy atom. The van der Waals surface area contributed by atoms with Crippen LogP contribution in [0.15, 0.2) is 52.1 Å². The van der Waals surface area contributed by atoms with Crippen molar-refractivity contribution < 1.29 is 14.3 Å². The van der Waals surface area contributed by atoms with Crippen LogP contribution in [0.5, 0.6) is 11.5 Å². The van der Waals surface area contributed by atoms with Crippen molar-refractivity contribution >= 4 is 23.4 Å². The lowest BCUT2D eigenvalue weighted by atomic mass is 9.69. The first-order valence-electron chi connectivity index (χ1n) is 10.2. The van der Waals surface area contributed by atoms with Crippen LogP contribution in [0, 0.1) is 5.41 Å². The highest BCUT2D eigenvalue weighted by Crippen LogP contribution is 2.49. The van der Waals surface area contributed by atoms with E-state index < -0.39 is 5.92 Å². The maximum Gasteiger partial charge on any atom is 0.257 e. The number of fused-ring (bicyclic) bond motifs is 2. The molecule has 3 aliphatic rings. The van der Waals surface area contributed by atoms with Crippen molar-refractivity contribution in [2.24, 2.45) is 5.41 Å². The highest BCUT2D eigenvalue weighted by Gasteiger charge is 2.42. The number of ether oxygens (including phenoxy) is 2. The molecule has 7 nitrogen and oxygen atoms in total. The molecule has 8 heteroatoms. The monoisotopic (exact) mass is 437 g/mol. The quantitative estimate of drug-likeness (QED) is 0.425. The van der Waals surface area contributed by atoms with Crippen molar-refractivity contribution in [3.05, 3.63) is 63.6 Å². The summed E-state index contributed by atoms with van der Waals surface area (Å²) in [6.45, 7) is 8.05. The Hall–Kier alpha value is -3.00. The number of aromatic amines is 1. The molecule has 5 rings (SSSR count). The molecule has 0 fully saturated rings. The summed E-state index contributed by atoms with van der Waals surface area (Å²) in [5.74, 6) is 1.95. The summed E-state index contributed by atoms with van der Waals surface area (Å²) in [6, 6.07) is 5.58. The first kappa shape index (κ1) is 19.9. The van der Waals surface area contributed by atoms with Gasteiger partial charge in [0, 0.05) is 29.4 Å². The van der Waals surface area contributed by atoms with E-state index in [1.165, 1.54) is 11.8 Å². The first-order valence-corrected chi connectivity index (χ1v) is 11.2. The summed E-state index contributed by atoms with van der Waals surface area (Å²) in [5.41, 5.74) is 2.33. The Balaban J connectivity index is 1.70. The third kappa shape index (κ3) is 3.44. The molecule has 160 valence electrons. The molecule has 0 saturated heterocycles. The predicted octanol–water partition coefficient (Wildman–Crippen LogP) is 3.98. The van der Waals surface area contributed by atoms with Crippen molar-refractivity contribution in [3.63, 3.8) is 0 Å². The minimum Gasteiger partial charge on any atom is -0.454 e. The second-order valence-electron chi connectivity index (χ2n) is 8.74. The zero-order chi connectivity index (χ0) is 21.8. The number of H-pyrrole nitrogens is 1. The van der Waals surface area contributed by atoms with Crippen molar-refractivity contribution in [1.82, 2.24) is 9.97 Å². The molecule has 0 amide bonds. The number of hydrogen-bond donors (Lipinski definition) is 2. The van der Waals surface area contributed by atoms with Gasteiger partial charge in [0.1, 0.15) is 5.82 Å². The normalized spacial score (nSPS) is 20.7. The van der Waals surface area contributed by atoms with E-state index in [1.807, 2.05) is 18.2 Å². The fourth-order valence-electron chi connectivity index (χ4n) is 4.53. The van der Waals surface area contributed by atoms with Crippen LogP contribution < -0.4 is 20.3 Å². The Labute approximate surface area is 183 Å². The number of aromatic nitrogens is 2. The topological polar surface area (TPSA) is 93.3 Å². The van der Waals surface area contributed by atoms with Crippen LogP contribution in [-0.2, 0) is 4.79 Å². The van der Waals surface area contributed by atoms with E-state index in [0.29, 0.717) is 52.2 Å². The van der Waals surface area contributed by atoms with Gasteiger partial charge in [-0.2, -0.15) is 0 Å².